The Morgan fingerprint density at radius 1 is 1.04 bits per heavy atom. The second kappa shape index (κ2) is 6.92. The molecule has 0 aliphatic heterocycles. The Morgan fingerprint density at radius 2 is 1.64 bits per heavy atom. The van der Waals surface area contributed by atoms with E-state index in [9.17, 15) is 22.8 Å². The van der Waals surface area contributed by atoms with Crippen molar-refractivity contribution in [1.29, 1.82) is 5.26 Å². The van der Waals surface area contributed by atoms with Gasteiger partial charge in [0.15, 0.2) is 0 Å². The van der Waals surface area contributed by atoms with Crippen LogP contribution in [-0.2, 0) is 6.18 Å². The van der Waals surface area contributed by atoms with Crippen molar-refractivity contribution in [2.24, 2.45) is 5.73 Å². The lowest BCUT2D eigenvalue weighted by Crippen LogP contribution is -2.30. The number of amides is 2. The zero-order chi connectivity index (χ0) is 18.6. The van der Waals surface area contributed by atoms with Crippen LogP contribution in [0.15, 0.2) is 42.5 Å². The molecule has 6 nitrogen and oxygen atoms in total. The summed E-state index contributed by atoms with van der Waals surface area (Å²) in [5, 5.41) is 8.71. The smallest absolute Gasteiger partial charge is 0.366 e. The molecule has 0 aliphatic rings. The molecule has 0 heterocycles. The van der Waals surface area contributed by atoms with Gasteiger partial charge in [-0.15, -0.1) is 0 Å². The van der Waals surface area contributed by atoms with Gasteiger partial charge in [0.2, 0.25) is 5.91 Å². The van der Waals surface area contributed by atoms with Gasteiger partial charge in [-0.05, 0) is 42.5 Å². The van der Waals surface area contributed by atoms with E-state index in [0.717, 1.165) is 6.07 Å². The largest absolute Gasteiger partial charge is 0.418 e. The van der Waals surface area contributed by atoms with Crippen LogP contribution in [0, 0.1) is 11.3 Å². The zero-order valence-electron chi connectivity index (χ0n) is 12.5. The van der Waals surface area contributed by atoms with E-state index in [1.165, 1.54) is 30.3 Å². The third kappa shape index (κ3) is 4.26. The summed E-state index contributed by atoms with van der Waals surface area (Å²) in [6, 6.07) is 9.77. The van der Waals surface area contributed by atoms with Crippen molar-refractivity contribution in [2.75, 3.05) is 5.43 Å². The first-order chi connectivity index (χ1) is 11.7. The van der Waals surface area contributed by atoms with Crippen molar-refractivity contribution in [3.63, 3.8) is 0 Å². The molecule has 0 saturated heterocycles. The van der Waals surface area contributed by atoms with Gasteiger partial charge < -0.3 is 5.73 Å². The number of carbonyl (C=O) groups is 2. The lowest BCUT2D eigenvalue weighted by atomic mass is 10.1. The number of anilines is 1. The highest BCUT2D eigenvalue weighted by Crippen LogP contribution is 2.35. The van der Waals surface area contributed by atoms with E-state index in [0.29, 0.717) is 6.07 Å². The molecule has 2 aromatic carbocycles. The van der Waals surface area contributed by atoms with E-state index in [2.05, 4.69) is 10.9 Å². The van der Waals surface area contributed by atoms with Crippen LogP contribution in [0.5, 0.6) is 0 Å². The first kappa shape index (κ1) is 17.8. The van der Waals surface area contributed by atoms with Crippen molar-refractivity contribution < 1.29 is 22.8 Å². The number of nitrogens with two attached hydrogens (primary N) is 1. The highest BCUT2D eigenvalue weighted by Gasteiger charge is 2.34. The summed E-state index contributed by atoms with van der Waals surface area (Å²) < 4.78 is 39.1. The van der Waals surface area contributed by atoms with Crippen molar-refractivity contribution in [1.82, 2.24) is 5.43 Å². The fraction of sp³-hybridized carbons (Fsp3) is 0.0625. The molecular formula is C16H11F3N4O2. The molecule has 9 heteroatoms. The number of nitriles is 1. The fourth-order valence-corrected chi connectivity index (χ4v) is 1.94. The van der Waals surface area contributed by atoms with E-state index in [-0.39, 0.29) is 16.7 Å². The average molecular weight is 348 g/mol. The summed E-state index contributed by atoms with van der Waals surface area (Å²) >= 11 is 0. The molecule has 2 rings (SSSR count). The van der Waals surface area contributed by atoms with E-state index >= 15 is 0 Å². The number of benzene rings is 2. The zero-order valence-corrected chi connectivity index (χ0v) is 12.5. The monoisotopic (exact) mass is 348 g/mol. The second-order valence-electron chi connectivity index (χ2n) is 4.89. The molecule has 0 spiro atoms. The highest BCUT2D eigenvalue weighted by molar-refractivity contribution is 5.97. The molecule has 128 valence electrons. The summed E-state index contributed by atoms with van der Waals surface area (Å²) in [7, 11) is 0. The molecule has 0 bridgehead atoms. The standard InChI is InChI=1S/C16H11F3N4O2/c17-16(18,19)12-7-9(8-20)1-6-13(12)22-23-15(25)11-4-2-10(3-5-11)14(21)24/h1-7,22H,(H2,21,24)(H,23,25). The van der Waals surface area contributed by atoms with Gasteiger partial charge >= 0.3 is 6.18 Å². The Balaban J connectivity index is 2.17. The highest BCUT2D eigenvalue weighted by atomic mass is 19.4. The first-order valence-corrected chi connectivity index (χ1v) is 6.80. The Bertz CT molecular complexity index is 855. The van der Waals surface area contributed by atoms with E-state index in [1.807, 2.05) is 0 Å². The number of rotatable bonds is 4. The van der Waals surface area contributed by atoms with Gasteiger partial charge in [0, 0.05) is 11.1 Å². The molecule has 0 fully saturated rings. The predicted molar refractivity (Wildman–Crippen MR) is 82.2 cm³/mol. The van der Waals surface area contributed by atoms with Crippen molar-refractivity contribution >= 4 is 17.5 Å². The Labute approximate surface area is 140 Å². The van der Waals surface area contributed by atoms with Gasteiger partial charge in [0.1, 0.15) is 0 Å². The minimum atomic E-state index is -4.71. The van der Waals surface area contributed by atoms with Gasteiger partial charge in [-0.3, -0.25) is 20.4 Å². The molecule has 0 unspecified atom stereocenters. The van der Waals surface area contributed by atoms with Crippen LogP contribution in [-0.4, -0.2) is 11.8 Å². The molecule has 0 radical (unpaired) electrons. The summed E-state index contributed by atoms with van der Waals surface area (Å²) in [6.45, 7) is 0. The lowest BCUT2D eigenvalue weighted by Gasteiger charge is -2.15. The van der Waals surface area contributed by atoms with Crippen LogP contribution < -0.4 is 16.6 Å². The maximum Gasteiger partial charge on any atom is 0.418 e. The summed E-state index contributed by atoms with van der Waals surface area (Å²) in [5.41, 5.74) is 8.03. The molecular weight excluding hydrogens is 337 g/mol. The third-order valence-electron chi connectivity index (χ3n) is 3.20. The number of nitrogens with one attached hydrogen (secondary N) is 2. The van der Waals surface area contributed by atoms with E-state index < -0.39 is 29.2 Å². The SMILES string of the molecule is N#Cc1ccc(NNC(=O)c2ccc(C(N)=O)cc2)c(C(F)(F)F)c1. The molecule has 0 aromatic heterocycles. The van der Waals surface area contributed by atoms with Crippen LogP contribution in [0.2, 0.25) is 0 Å². The maximum atomic E-state index is 13.0. The number of halogens is 3. The van der Waals surface area contributed by atoms with Crippen LogP contribution in [0.1, 0.15) is 31.8 Å². The second-order valence-corrected chi connectivity index (χ2v) is 4.89. The molecule has 2 aromatic rings. The Kier molecular flexibility index (Phi) is 4.93. The topological polar surface area (TPSA) is 108 Å². The van der Waals surface area contributed by atoms with E-state index in [1.54, 1.807) is 6.07 Å². The Morgan fingerprint density at radius 3 is 2.16 bits per heavy atom. The number of hydrogen-bond acceptors (Lipinski definition) is 4. The van der Waals surface area contributed by atoms with Crippen molar-refractivity contribution in [3.8, 4) is 6.07 Å². The van der Waals surface area contributed by atoms with Crippen LogP contribution >= 0.6 is 0 Å². The van der Waals surface area contributed by atoms with Gasteiger partial charge in [0.05, 0.1) is 22.9 Å². The van der Waals surface area contributed by atoms with E-state index in [4.69, 9.17) is 11.0 Å². The molecule has 25 heavy (non-hydrogen) atoms. The average Bonchev–Trinajstić information content (AvgIpc) is 2.58. The van der Waals surface area contributed by atoms with Gasteiger partial charge in [-0.25, -0.2) is 0 Å². The number of primary amides is 1. The lowest BCUT2D eigenvalue weighted by molar-refractivity contribution is -0.137. The number of hydrogen-bond donors (Lipinski definition) is 3. The van der Waals surface area contributed by atoms with Gasteiger partial charge in [-0.1, -0.05) is 0 Å². The predicted octanol–water partition coefficient (Wildman–Crippen LogP) is 2.43. The van der Waals surface area contributed by atoms with Crippen LogP contribution in [0.25, 0.3) is 0 Å². The summed E-state index contributed by atoms with van der Waals surface area (Å²) in [6.07, 6.45) is -4.71. The molecule has 0 saturated carbocycles. The third-order valence-corrected chi connectivity index (χ3v) is 3.20. The maximum absolute atomic E-state index is 13.0. The summed E-state index contributed by atoms with van der Waals surface area (Å²) in [5.74, 6) is -1.38. The molecule has 0 atom stereocenters. The minimum Gasteiger partial charge on any atom is -0.366 e. The normalized spacial score (nSPS) is 10.6. The number of hydrazine groups is 1. The number of nitrogens with zero attached hydrogens (tertiary/aromatic N) is 1. The summed E-state index contributed by atoms with van der Waals surface area (Å²) in [4.78, 5) is 22.9. The van der Waals surface area contributed by atoms with Gasteiger partial charge in [0.25, 0.3) is 5.91 Å². The molecule has 2 amide bonds. The molecule has 0 aliphatic carbocycles. The fourth-order valence-electron chi connectivity index (χ4n) is 1.94. The molecule has 4 N–H and O–H groups in total. The minimum absolute atomic E-state index is 0.111. The Hall–Kier alpha value is -3.54. The van der Waals surface area contributed by atoms with Crippen LogP contribution in [0.3, 0.4) is 0 Å². The van der Waals surface area contributed by atoms with Crippen LogP contribution in [0.4, 0.5) is 18.9 Å². The van der Waals surface area contributed by atoms with Crippen molar-refractivity contribution in [3.05, 3.63) is 64.7 Å². The first-order valence-electron chi connectivity index (χ1n) is 6.80. The number of alkyl halides is 3. The quantitative estimate of drug-likeness (QED) is 0.738. The number of carbonyl (C=O) groups excluding carboxylic acids is 2. The van der Waals surface area contributed by atoms with Crippen molar-refractivity contribution in [2.45, 2.75) is 6.18 Å². The van der Waals surface area contributed by atoms with Gasteiger partial charge in [-0.2, -0.15) is 18.4 Å².